The van der Waals surface area contributed by atoms with Gasteiger partial charge in [0.05, 0.1) is 6.33 Å². The predicted octanol–water partition coefficient (Wildman–Crippen LogP) is 5.59. The van der Waals surface area contributed by atoms with E-state index in [0.717, 1.165) is 21.4 Å². The Morgan fingerprint density at radius 3 is 2.65 bits per heavy atom. The maximum absolute atomic E-state index is 12.0. The number of imidazole rings is 1. The van der Waals surface area contributed by atoms with Crippen LogP contribution in [0.15, 0.2) is 57.3 Å². The molecule has 0 atom stereocenters. The van der Waals surface area contributed by atoms with Gasteiger partial charge in [-0.3, -0.25) is 5.32 Å². The van der Waals surface area contributed by atoms with Gasteiger partial charge in [0, 0.05) is 21.6 Å². The van der Waals surface area contributed by atoms with Crippen LogP contribution in [0.25, 0.3) is 11.5 Å². The van der Waals surface area contributed by atoms with Crippen LogP contribution >= 0.6 is 27.7 Å². The highest BCUT2D eigenvalue weighted by Crippen LogP contribution is 2.43. The highest BCUT2D eigenvalue weighted by Gasteiger charge is 2.22. The summed E-state index contributed by atoms with van der Waals surface area (Å²) in [6, 6.07) is 11.4. The molecule has 192 valence electrons. The van der Waals surface area contributed by atoms with E-state index in [1.165, 1.54) is 11.8 Å². The maximum atomic E-state index is 12.0. The number of hydrogen-bond donors (Lipinski definition) is 2. The predicted molar refractivity (Wildman–Crippen MR) is 143 cm³/mol. The highest BCUT2D eigenvalue weighted by atomic mass is 79.9. The topological polar surface area (TPSA) is 126 Å². The lowest BCUT2D eigenvalue weighted by Crippen LogP contribution is -2.27. The molecule has 3 aliphatic rings. The molecule has 0 unspecified atom stereocenters. The molecule has 2 aromatic rings. The fourth-order valence-corrected chi connectivity index (χ4v) is 5.00. The largest absolute Gasteiger partial charge is 0.454 e. The summed E-state index contributed by atoms with van der Waals surface area (Å²) >= 11 is 4.98. The summed E-state index contributed by atoms with van der Waals surface area (Å²) in [6.45, 7) is 6.30. The fraction of sp³-hybridized carbons (Fsp3) is 0.280. The summed E-state index contributed by atoms with van der Waals surface area (Å²) in [5.74, 6) is 2.37. The van der Waals surface area contributed by atoms with Gasteiger partial charge < -0.3 is 24.5 Å². The zero-order valence-electron chi connectivity index (χ0n) is 20.4. The van der Waals surface area contributed by atoms with Gasteiger partial charge >= 0.3 is 6.09 Å². The molecule has 37 heavy (non-hydrogen) atoms. The molecule has 10 nitrogen and oxygen atoms in total. The minimum absolute atomic E-state index is 0.206. The van der Waals surface area contributed by atoms with E-state index in [0.29, 0.717) is 46.2 Å². The number of benzene rings is 2. The third-order valence-electron chi connectivity index (χ3n) is 5.34. The fourth-order valence-electron chi connectivity index (χ4n) is 3.64. The first-order valence-electron chi connectivity index (χ1n) is 11.5. The summed E-state index contributed by atoms with van der Waals surface area (Å²) in [5.41, 5.74) is 7.87. The molecule has 3 N–H and O–H groups in total. The van der Waals surface area contributed by atoms with Crippen LogP contribution in [0.1, 0.15) is 26.3 Å². The van der Waals surface area contributed by atoms with E-state index in [-0.39, 0.29) is 6.79 Å². The Balaban J connectivity index is 1.28. The quantitative estimate of drug-likeness (QED) is 0.298. The number of carbonyl (C=O) groups is 1. The third kappa shape index (κ3) is 5.91. The smallest absolute Gasteiger partial charge is 0.412 e. The van der Waals surface area contributed by atoms with Crippen LogP contribution in [0.3, 0.4) is 0 Å². The number of nitrogens with two attached hydrogens (primary N) is 1. The van der Waals surface area contributed by atoms with Gasteiger partial charge in [0.1, 0.15) is 5.60 Å². The number of fused-ring (bicyclic) bond motifs is 2. The molecule has 0 spiro atoms. The molecular formula is C25H25BrN6O4S. The standard InChI is InChI=1S/C25H25BrN6O4S/c1-25(2,3)36-24(33)29-15-6-4-14(5-7-15)8-9-32-12-28-21(27)20-22(32)31-23(30-20)37-19-11-18-17(10-16(19)26)34-13-35-18/h4-7,10-12H,8-9,13,27H2,1-3H3,(H,29,33). The zero-order valence-corrected chi connectivity index (χ0v) is 22.9. The van der Waals surface area contributed by atoms with E-state index in [2.05, 4.69) is 31.2 Å². The SMILES string of the molecule is CC(C)(C)OC(=O)Nc1ccc(CCn2cnc(N)c3nc(Sc4cc5c(cc4Br)OCO5)nc2-3)cc1. The minimum Gasteiger partial charge on any atom is -0.454 e. The number of hydrogen-bond acceptors (Lipinski definition) is 9. The van der Waals surface area contributed by atoms with Crippen molar-refractivity contribution in [2.75, 3.05) is 17.8 Å². The maximum Gasteiger partial charge on any atom is 0.412 e. The molecule has 0 bridgehead atoms. The van der Waals surface area contributed by atoms with Gasteiger partial charge in [0.2, 0.25) is 6.79 Å². The van der Waals surface area contributed by atoms with Crippen LogP contribution < -0.4 is 20.5 Å². The lowest BCUT2D eigenvalue weighted by Gasteiger charge is -2.19. The van der Waals surface area contributed by atoms with Crippen LogP contribution in [-0.4, -0.2) is 38.0 Å². The first kappa shape index (κ1) is 25.2. The number of nitrogens with one attached hydrogen (secondary N) is 1. The van der Waals surface area contributed by atoms with Crippen LogP contribution in [0.2, 0.25) is 0 Å². The average Bonchev–Trinajstić information content (AvgIpc) is 3.46. The van der Waals surface area contributed by atoms with Gasteiger partial charge in [0.15, 0.2) is 34.0 Å². The second kappa shape index (κ2) is 10.1. The molecule has 0 saturated heterocycles. The Morgan fingerprint density at radius 2 is 1.92 bits per heavy atom. The second-order valence-electron chi connectivity index (χ2n) is 9.31. The van der Waals surface area contributed by atoms with Gasteiger partial charge in [-0.05, 0) is 84.7 Å². The Kier molecular flexibility index (Phi) is 6.86. The summed E-state index contributed by atoms with van der Waals surface area (Å²) < 4.78 is 19.0. The number of ether oxygens (including phenoxy) is 3. The molecular weight excluding hydrogens is 560 g/mol. The van der Waals surface area contributed by atoms with E-state index in [9.17, 15) is 4.79 Å². The molecule has 2 aromatic carbocycles. The van der Waals surface area contributed by atoms with E-state index >= 15 is 0 Å². The molecule has 0 aromatic heterocycles. The van der Waals surface area contributed by atoms with Crippen molar-refractivity contribution in [3.05, 3.63) is 52.8 Å². The summed E-state index contributed by atoms with van der Waals surface area (Å²) in [5, 5.41) is 3.30. The van der Waals surface area contributed by atoms with Crippen LogP contribution in [-0.2, 0) is 17.7 Å². The van der Waals surface area contributed by atoms with Crippen LogP contribution in [0.5, 0.6) is 11.5 Å². The Morgan fingerprint density at radius 1 is 1.19 bits per heavy atom. The molecule has 0 saturated carbocycles. The Bertz CT molecular complexity index is 1420. The molecule has 0 aliphatic carbocycles. The van der Waals surface area contributed by atoms with Crippen molar-refractivity contribution in [2.24, 2.45) is 0 Å². The Hall–Kier alpha value is -3.51. The normalized spacial score (nSPS) is 12.6. The number of anilines is 2. The van der Waals surface area contributed by atoms with Gasteiger partial charge in [-0.25, -0.2) is 19.7 Å². The second-order valence-corrected chi connectivity index (χ2v) is 11.2. The van der Waals surface area contributed by atoms with Crippen molar-refractivity contribution >= 4 is 45.3 Å². The van der Waals surface area contributed by atoms with Gasteiger partial charge in [-0.2, -0.15) is 0 Å². The average molecular weight is 585 g/mol. The first-order valence-corrected chi connectivity index (χ1v) is 13.1. The number of rotatable bonds is 6. The van der Waals surface area contributed by atoms with Crippen LogP contribution in [0, 0.1) is 0 Å². The van der Waals surface area contributed by atoms with Crippen molar-refractivity contribution in [1.29, 1.82) is 0 Å². The van der Waals surface area contributed by atoms with E-state index in [4.69, 9.17) is 24.9 Å². The number of aromatic nitrogens is 4. The van der Waals surface area contributed by atoms with Crippen molar-refractivity contribution < 1.29 is 19.0 Å². The number of carbonyl (C=O) groups excluding carboxylic acids is 1. The number of aryl methyl sites for hydroxylation is 2. The third-order valence-corrected chi connectivity index (χ3v) is 7.18. The van der Waals surface area contributed by atoms with Gasteiger partial charge in [0.25, 0.3) is 0 Å². The van der Waals surface area contributed by atoms with Crippen molar-refractivity contribution in [1.82, 2.24) is 19.5 Å². The number of halogens is 1. The Labute approximate surface area is 226 Å². The monoisotopic (exact) mass is 584 g/mol. The summed E-state index contributed by atoms with van der Waals surface area (Å²) in [6.07, 6.45) is 1.92. The van der Waals surface area contributed by atoms with Gasteiger partial charge in [-0.15, -0.1) is 0 Å². The molecule has 5 rings (SSSR count). The van der Waals surface area contributed by atoms with Crippen LogP contribution in [0.4, 0.5) is 16.3 Å². The van der Waals surface area contributed by atoms with Crippen molar-refractivity contribution in [2.45, 2.75) is 49.4 Å². The van der Waals surface area contributed by atoms with Gasteiger partial charge in [-0.1, -0.05) is 12.1 Å². The minimum atomic E-state index is -0.553. The zero-order chi connectivity index (χ0) is 26.2. The summed E-state index contributed by atoms with van der Waals surface area (Å²) in [4.78, 5) is 26.5. The molecule has 0 fully saturated rings. The molecule has 0 radical (unpaired) electrons. The molecule has 3 heterocycles. The lowest BCUT2D eigenvalue weighted by atomic mass is 10.1. The first-order chi connectivity index (χ1) is 17.6. The van der Waals surface area contributed by atoms with Crippen molar-refractivity contribution in [3.8, 4) is 23.0 Å². The lowest BCUT2D eigenvalue weighted by molar-refractivity contribution is 0.0636. The molecule has 3 aliphatic heterocycles. The van der Waals surface area contributed by atoms with E-state index in [1.54, 1.807) is 6.33 Å². The summed E-state index contributed by atoms with van der Waals surface area (Å²) in [7, 11) is 0. The highest BCUT2D eigenvalue weighted by molar-refractivity contribution is 9.10. The molecule has 1 amide bonds. The molecule has 12 heteroatoms. The number of nitrogens with zero attached hydrogens (tertiary/aromatic N) is 4. The number of nitrogen functional groups attached to an aromatic ring is 1. The van der Waals surface area contributed by atoms with E-state index in [1.807, 2.05) is 61.7 Å². The van der Waals surface area contributed by atoms with E-state index < -0.39 is 11.7 Å². The van der Waals surface area contributed by atoms with Crippen molar-refractivity contribution in [3.63, 3.8) is 0 Å². The number of amides is 1.